The summed E-state index contributed by atoms with van der Waals surface area (Å²) in [6, 6.07) is 16.4. The van der Waals surface area contributed by atoms with E-state index in [-0.39, 0.29) is 13.5 Å². The summed E-state index contributed by atoms with van der Waals surface area (Å²) in [5.74, 6) is 0. The summed E-state index contributed by atoms with van der Waals surface area (Å²) in [5.41, 5.74) is 7.86. The van der Waals surface area contributed by atoms with Gasteiger partial charge in [-0.1, -0.05) is 0 Å². The zero-order valence-electron chi connectivity index (χ0n) is 13.2. The Balaban J connectivity index is 0.00000157. The van der Waals surface area contributed by atoms with Gasteiger partial charge in [0.15, 0.2) is 0 Å². The average Bonchev–Trinajstić information content (AvgIpc) is 3.32. The van der Waals surface area contributed by atoms with Crippen LogP contribution in [0, 0.1) is 0 Å². The van der Waals surface area contributed by atoms with Gasteiger partial charge in [0.2, 0.25) is 0 Å². The normalized spacial score (nSPS) is 12.2. The number of nitrogens with zero attached hydrogens (tertiary/aromatic N) is 2. The summed E-state index contributed by atoms with van der Waals surface area (Å²) < 4.78 is 0. The minimum Gasteiger partial charge on any atom is -0.355 e. The van der Waals surface area contributed by atoms with Gasteiger partial charge in [-0.3, -0.25) is 0 Å². The topological polar surface area (TPSA) is 57.4 Å². The Kier molecular flexibility index (Phi) is 3.78. The molecule has 25 heavy (non-hydrogen) atoms. The highest BCUT2D eigenvalue weighted by Gasteiger charge is 2.00. The summed E-state index contributed by atoms with van der Waals surface area (Å²) >= 11 is 0. The van der Waals surface area contributed by atoms with E-state index in [1.165, 1.54) is 0 Å². The molecular weight excluding hydrogens is 328 g/mol. The first kappa shape index (κ1) is 15.5. The Morgan fingerprint density at radius 2 is 0.760 bits per heavy atom. The van der Waals surface area contributed by atoms with Gasteiger partial charge in [-0.25, -0.2) is 9.97 Å². The molecule has 0 fully saturated rings. The summed E-state index contributed by atoms with van der Waals surface area (Å²) in [6.45, 7) is 0. The fourth-order valence-electron chi connectivity index (χ4n) is 2.94. The Bertz CT molecular complexity index is 990. The fourth-order valence-corrected chi connectivity index (χ4v) is 2.94. The maximum Gasteiger partial charge on any atom is 0.0658 e. The lowest BCUT2D eigenvalue weighted by Crippen LogP contribution is -1.75. The van der Waals surface area contributed by atoms with Crippen molar-refractivity contribution in [2.75, 3.05) is 0 Å². The SMILES string of the molecule is C1=Cc2cc3ccc(cc4nc(cc5ccc(cc1n2)[nH]5)C=C4)[nH]3.[S]. The molecule has 0 saturated heterocycles. The maximum absolute atomic E-state index is 4.63. The van der Waals surface area contributed by atoms with E-state index < -0.39 is 0 Å². The summed E-state index contributed by atoms with van der Waals surface area (Å²) in [7, 11) is 0. The second-order valence-electron chi connectivity index (χ2n) is 5.91. The quantitative estimate of drug-likeness (QED) is 0.401. The lowest BCUT2D eigenvalue weighted by Gasteiger charge is -1.85. The Morgan fingerprint density at radius 3 is 1.04 bits per heavy atom. The van der Waals surface area contributed by atoms with Crippen LogP contribution in [0.3, 0.4) is 0 Å². The van der Waals surface area contributed by atoms with E-state index in [9.17, 15) is 0 Å². The minimum atomic E-state index is 0. The van der Waals surface area contributed by atoms with E-state index in [0.717, 1.165) is 44.8 Å². The highest BCUT2D eigenvalue weighted by atomic mass is 32.1. The Morgan fingerprint density at radius 1 is 0.480 bits per heavy atom. The number of hydrogen-bond acceptors (Lipinski definition) is 2. The van der Waals surface area contributed by atoms with E-state index in [1.807, 2.05) is 48.6 Å². The van der Waals surface area contributed by atoms with Crippen LogP contribution in [0.5, 0.6) is 0 Å². The van der Waals surface area contributed by atoms with Crippen molar-refractivity contribution in [2.24, 2.45) is 0 Å². The third-order valence-electron chi connectivity index (χ3n) is 4.04. The smallest absolute Gasteiger partial charge is 0.0658 e. The van der Waals surface area contributed by atoms with E-state index >= 15 is 0 Å². The average molecular weight is 342 g/mol. The van der Waals surface area contributed by atoms with Crippen LogP contribution in [0.2, 0.25) is 0 Å². The van der Waals surface area contributed by atoms with Gasteiger partial charge in [0.05, 0.1) is 22.8 Å². The van der Waals surface area contributed by atoms with Crippen LogP contribution < -0.4 is 0 Å². The Labute approximate surface area is 151 Å². The molecule has 2 aliphatic rings. The molecule has 3 aromatic rings. The van der Waals surface area contributed by atoms with Crippen LogP contribution >= 0.6 is 13.5 Å². The van der Waals surface area contributed by atoms with Crippen LogP contribution in [0.15, 0.2) is 48.5 Å². The third kappa shape index (κ3) is 3.14. The zero-order chi connectivity index (χ0) is 15.9. The highest BCUT2D eigenvalue weighted by molar-refractivity contribution is 7.59. The van der Waals surface area contributed by atoms with Crippen molar-refractivity contribution >= 4 is 59.9 Å². The number of fused-ring (bicyclic) bond motifs is 8. The standard InChI is InChI=1S/C20H14N4.S/c1-2-14-10-16-5-6-18(23-16)12-20-8-7-19(24-20)11-17-4-3-15(22-17)9-13(1)21-14;/h1-12,21,24H;. The summed E-state index contributed by atoms with van der Waals surface area (Å²) in [4.78, 5) is 16.0. The first-order valence-corrected chi connectivity index (χ1v) is 7.85. The molecule has 4 nitrogen and oxygen atoms in total. The van der Waals surface area contributed by atoms with Crippen LogP contribution in [0.4, 0.5) is 0 Å². The van der Waals surface area contributed by atoms with Crippen LogP contribution in [0.25, 0.3) is 46.4 Å². The van der Waals surface area contributed by atoms with Crippen molar-refractivity contribution < 1.29 is 0 Å². The molecule has 0 saturated carbocycles. The number of hydrogen-bond donors (Lipinski definition) is 2. The van der Waals surface area contributed by atoms with Gasteiger partial charge in [-0.05, 0) is 72.8 Å². The van der Waals surface area contributed by atoms with E-state index in [2.05, 4.69) is 44.2 Å². The lowest BCUT2D eigenvalue weighted by atomic mass is 10.3. The first-order valence-electron chi connectivity index (χ1n) is 7.85. The number of nitrogens with one attached hydrogen (secondary N) is 2. The number of H-pyrrole nitrogens is 2. The molecule has 2 N–H and O–H groups in total. The first-order chi connectivity index (χ1) is 11.8. The highest BCUT2D eigenvalue weighted by Crippen LogP contribution is 2.16. The van der Waals surface area contributed by atoms with Crippen molar-refractivity contribution in [3.05, 3.63) is 71.3 Å². The molecule has 0 aliphatic carbocycles. The number of rotatable bonds is 0. The van der Waals surface area contributed by atoms with Gasteiger partial charge in [-0.2, -0.15) is 0 Å². The predicted molar refractivity (Wildman–Crippen MR) is 106 cm³/mol. The van der Waals surface area contributed by atoms with Crippen LogP contribution in [-0.2, 0) is 0 Å². The third-order valence-corrected chi connectivity index (χ3v) is 4.04. The minimum absolute atomic E-state index is 0. The fraction of sp³-hybridized carbons (Fsp3) is 0. The maximum atomic E-state index is 4.63. The van der Waals surface area contributed by atoms with Gasteiger partial charge >= 0.3 is 0 Å². The molecule has 0 spiro atoms. The molecule has 2 aliphatic heterocycles. The summed E-state index contributed by atoms with van der Waals surface area (Å²) in [6.07, 6.45) is 8.09. The zero-order valence-corrected chi connectivity index (χ0v) is 14.0. The molecular formula is C20H14N4S. The van der Waals surface area contributed by atoms with E-state index in [4.69, 9.17) is 0 Å². The van der Waals surface area contributed by atoms with Crippen molar-refractivity contribution in [1.29, 1.82) is 0 Å². The van der Waals surface area contributed by atoms with E-state index in [0.29, 0.717) is 0 Å². The molecule has 2 radical (unpaired) electrons. The largest absolute Gasteiger partial charge is 0.355 e. The molecule has 5 rings (SSSR count). The molecule has 0 atom stereocenters. The number of aromatic nitrogens is 4. The second kappa shape index (κ2) is 6.11. The monoisotopic (exact) mass is 342 g/mol. The predicted octanol–water partition coefficient (Wildman–Crippen LogP) is 5.30. The molecule has 5 heteroatoms. The van der Waals surface area contributed by atoms with Crippen molar-refractivity contribution in [1.82, 2.24) is 19.9 Å². The summed E-state index contributed by atoms with van der Waals surface area (Å²) in [5, 5.41) is 0. The van der Waals surface area contributed by atoms with Crippen molar-refractivity contribution in [2.45, 2.75) is 0 Å². The van der Waals surface area contributed by atoms with Gasteiger partial charge < -0.3 is 9.97 Å². The Hall–Kier alpha value is -3.05. The van der Waals surface area contributed by atoms with Gasteiger partial charge in [0.1, 0.15) is 0 Å². The molecule has 8 bridgehead atoms. The molecule has 0 aromatic carbocycles. The van der Waals surface area contributed by atoms with Gasteiger partial charge in [0.25, 0.3) is 0 Å². The van der Waals surface area contributed by atoms with Gasteiger partial charge in [-0.15, -0.1) is 0 Å². The second-order valence-corrected chi connectivity index (χ2v) is 5.91. The van der Waals surface area contributed by atoms with Crippen LogP contribution in [-0.4, -0.2) is 19.9 Å². The molecule has 0 unspecified atom stereocenters. The van der Waals surface area contributed by atoms with E-state index in [1.54, 1.807) is 0 Å². The molecule has 3 aromatic heterocycles. The van der Waals surface area contributed by atoms with Crippen molar-refractivity contribution in [3.8, 4) is 0 Å². The van der Waals surface area contributed by atoms with Crippen LogP contribution in [0.1, 0.15) is 22.8 Å². The lowest BCUT2D eigenvalue weighted by molar-refractivity contribution is 1.31. The molecule has 0 amide bonds. The molecule has 120 valence electrons. The van der Waals surface area contributed by atoms with Gasteiger partial charge in [0, 0.05) is 35.6 Å². The number of aromatic amines is 2. The molecule has 5 heterocycles. The van der Waals surface area contributed by atoms with Crippen molar-refractivity contribution in [3.63, 3.8) is 0 Å².